The van der Waals surface area contributed by atoms with E-state index in [2.05, 4.69) is 5.32 Å². The number of methoxy groups -OCH3 is 1. The number of thiocarbonyl (C=S) groups is 1. The van der Waals surface area contributed by atoms with Gasteiger partial charge in [0.2, 0.25) is 0 Å². The maximum Gasteiger partial charge on any atom is 0.257 e. The van der Waals surface area contributed by atoms with Crippen LogP contribution in [0, 0.1) is 11.7 Å². The molecule has 0 spiro atoms. The Bertz CT molecular complexity index is 952. The maximum atomic E-state index is 13.4. The Morgan fingerprint density at radius 3 is 2.69 bits per heavy atom. The van der Waals surface area contributed by atoms with Gasteiger partial charge in [-0.2, -0.15) is 0 Å². The van der Waals surface area contributed by atoms with Crippen molar-refractivity contribution in [2.75, 3.05) is 45.2 Å². The van der Waals surface area contributed by atoms with Gasteiger partial charge in [0.15, 0.2) is 5.11 Å². The fourth-order valence-corrected chi connectivity index (χ4v) is 4.12. The van der Waals surface area contributed by atoms with E-state index in [9.17, 15) is 9.18 Å². The number of para-hydroxylation sites is 1. The second-order valence-electron chi connectivity index (χ2n) is 8.23. The van der Waals surface area contributed by atoms with Crippen molar-refractivity contribution in [3.8, 4) is 5.75 Å². The Hall–Kier alpha value is -2.71. The first-order valence-corrected chi connectivity index (χ1v) is 11.3. The van der Waals surface area contributed by atoms with Crippen molar-refractivity contribution in [2.24, 2.45) is 5.92 Å². The number of carbonyl (C=O) groups is 1. The summed E-state index contributed by atoms with van der Waals surface area (Å²) >= 11 is 5.56. The van der Waals surface area contributed by atoms with Crippen LogP contribution in [0.3, 0.4) is 0 Å². The summed E-state index contributed by atoms with van der Waals surface area (Å²) in [4.78, 5) is 17.3. The van der Waals surface area contributed by atoms with Gasteiger partial charge in [-0.05, 0) is 67.4 Å². The molecule has 1 aliphatic heterocycles. The van der Waals surface area contributed by atoms with Crippen molar-refractivity contribution in [1.82, 2.24) is 9.80 Å². The van der Waals surface area contributed by atoms with E-state index in [-0.39, 0.29) is 17.8 Å². The summed E-state index contributed by atoms with van der Waals surface area (Å²) in [6.07, 6.45) is 2.15. The van der Waals surface area contributed by atoms with E-state index < -0.39 is 0 Å². The summed E-state index contributed by atoms with van der Waals surface area (Å²) in [6.45, 7) is 2.97. The molecule has 1 aliphatic carbocycles. The van der Waals surface area contributed by atoms with E-state index >= 15 is 0 Å². The highest BCUT2D eigenvalue weighted by Crippen LogP contribution is 2.31. The van der Waals surface area contributed by atoms with Crippen LogP contribution in [0.25, 0.3) is 0 Å². The number of hydrogen-bond acceptors (Lipinski definition) is 4. The summed E-state index contributed by atoms with van der Waals surface area (Å²) in [6, 6.07) is 13.4. The second kappa shape index (κ2) is 10.3. The number of nitrogens with one attached hydrogen (secondary N) is 1. The number of halogens is 1. The van der Waals surface area contributed by atoms with Gasteiger partial charge in [-0.15, -0.1) is 0 Å². The lowest BCUT2D eigenvalue weighted by molar-refractivity contribution is -0.0209. The number of amides is 1. The zero-order valence-corrected chi connectivity index (χ0v) is 18.9. The molecule has 0 radical (unpaired) electrons. The van der Waals surface area contributed by atoms with Crippen molar-refractivity contribution < 1.29 is 18.7 Å². The van der Waals surface area contributed by atoms with Gasteiger partial charge in [-0.3, -0.25) is 4.79 Å². The molecule has 1 atom stereocenters. The van der Waals surface area contributed by atoms with Crippen LogP contribution in [-0.4, -0.2) is 66.8 Å². The largest absolute Gasteiger partial charge is 0.496 e. The molecule has 2 aromatic rings. The highest BCUT2D eigenvalue weighted by atomic mass is 32.1. The predicted octanol–water partition coefficient (Wildman–Crippen LogP) is 3.78. The zero-order valence-electron chi connectivity index (χ0n) is 18.1. The molecular formula is C24H28FN3O3S. The molecule has 0 aromatic heterocycles. The van der Waals surface area contributed by atoms with Crippen LogP contribution < -0.4 is 10.1 Å². The molecule has 1 heterocycles. The minimum Gasteiger partial charge on any atom is -0.496 e. The topological polar surface area (TPSA) is 54.0 Å². The molecule has 2 fully saturated rings. The Balaban J connectivity index is 1.41. The number of hydrogen-bond donors (Lipinski definition) is 1. The molecule has 2 aliphatic rings. The van der Waals surface area contributed by atoms with Crippen LogP contribution in [0.4, 0.5) is 10.1 Å². The zero-order chi connectivity index (χ0) is 22.5. The highest BCUT2D eigenvalue weighted by Gasteiger charge is 2.32. The van der Waals surface area contributed by atoms with Crippen molar-refractivity contribution in [3.63, 3.8) is 0 Å². The van der Waals surface area contributed by atoms with Crippen molar-refractivity contribution >= 4 is 28.9 Å². The summed E-state index contributed by atoms with van der Waals surface area (Å²) in [5.74, 6) is 0.800. The average Bonchev–Trinajstić information content (AvgIpc) is 3.64. The first kappa shape index (κ1) is 22.5. The molecule has 1 N–H and O–H groups in total. The maximum absolute atomic E-state index is 13.4. The van der Waals surface area contributed by atoms with Crippen molar-refractivity contribution in [2.45, 2.75) is 18.9 Å². The molecule has 0 bridgehead atoms. The lowest BCUT2D eigenvalue weighted by Crippen LogP contribution is -2.51. The number of nitrogens with zero attached hydrogens (tertiary/aromatic N) is 2. The number of ether oxygens (including phenoxy) is 2. The SMILES string of the molecule is COc1ccccc1C(=O)N(CC1CC1)C[C@H]1CN(C(=S)Nc2ccc(F)cc2)CCO1. The van der Waals surface area contributed by atoms with E-state index in [0.29, 0.717) is 48.6 Å². The summed E-state index contributed by atoms with van der Waals surface area (Å²) < 4.78 is 24.6. The number of anilines is 1. The Labute approximate surface area is 193 Å². The predicted molar refractivity (Wildman–Crippen MR) is 126 cm³/mol. The van der Waals surface area contributed by atoms with Gasteiger partial charge in [-0.25, -0.2) is 4.39 Å². The third kappa shape index (κ3) is 5.75. The van der Waals surface area contributed by atoms with Gasteiger partial charge in [0.1, 0.15) is 11.6 Å². The lowest BCUT2D eigenvalue weighted by atomic mass is 10.1. The van der Waals surface area contributed by atoms with E-state index in [0.717, 1.165) is 25.1 Å². The third-order valence-electron chi connectivity index (χ3n) is 5.75. The highest BCUT2D eigenvalue weighted by molar-refractivity contribution is 7.80. The van der Waals surface area contributed by atoms with Crippen LogP contribution >= 0.6 is 12.2 Å². The fraction of sp³-hybridized carbons (Fsp3) is 0.417. The monoisotopic (exact) mass is 457 g/mol. The quantitative estimate of drug-likeness (QED) is 0.639. The van der Waals surface area contributed by atoms with Gasteiger partial charge < -0.3 is 24.6 Å². The van der Waals surface area contributed by atoms with E-state index in [1.54, 1.807) is 31.4 Å². The Morgan fingerprint density at radius 1 is 1.22 bits per heavy atom. The molecule has 0 unspecified atom stereocenters. The summed E-state index contributed by atoms with van der Waals surface area (Å²) in [5.41, 5.74) is 1.30. The van der Waals surface area contributed by atoms with Gasteiger partial charge in [0.05, 0.1) is 25.4 Å². The Morgan fingerprint density at radius 2 is 1.97 bits per heavy atom. The molecule has 1 saturated heterocycles. The number of carbonyl (C=O) groups excluding carboxylic acids is 1. The lowest BCUT2D eigenvalue weighted by Gasteiger charge is -2.37. The number of morpholine rings is 1. The van der Waals surface area contributed by atoms with E-state index in [1.165, 1.54) is 12.1 Å². The van der Waals surface area contributed by atoms with Crippen molar-refractivity contribution in [1.29, 1.82) is 0 Å². The van der Waals surface area contributed by atoms with Crippen LogP contribution in [-0.2, 0) is 4.74 Å². The molecule has 1 amide bonds. The molecular weight excluding hydrogens is 429 g/mol. The minimum atomic E-state index is -0.289. The minimum absolute atomic E-state index is 0.0397. The van der Waals surface area contributed by atoms with E-state index in [4.69, 9.17) is 21.7 Å². The normalized spacial score (nSPS) is 18.2. The molecule has 6 nitrogen and oxygen atoms in total. The number of rotatable bonds is 7. The first-order valence-electron chi connectivity index (χ1n) is 10.9. The molecule has 1 saturated carbocycles. The smallest absolute Gasteiger partial charge is 0.257 e. The first-order chi connectivity index (χ1) is 15.5. The van der Waals surface area contributed by atoms with Gasteiger partial charge in [0, 0.05) is 31.9 Å². The van der Waals surface area contributed by atoms with Gasteiger partial charge >= 0.3 is 0 Å². The molecule has 2 aromatic carbocycles. The van der Waals surface area contributed by atoms with Crippen LogP contribution in [0.15, 0.2) is 48.5 Å². The standard InChI is InChI=1S/C24H28FN3O3S/c1-30-22-5-3-2-4-21(22)23(29)28(14-17-6-7-17)16-20-15-27(12-13-31-20)24(32)26-19-10-8-18(25)9-11-19/h2-5,8-11,17,20H,6-7,12-16H2,1H3,(H,26,32)/t20-/m1/s1. The molecule has 170 valence electrons. The Kier molecular flexibility index (Phi) is 7.22. The second-order valence-corrected chi connectivity index (χ2v) is 8.62. The van der Waals surface area contributed by atoms with Gasteiger partial charge in [-0.1, -0.05) is 12.1 Å². The molecule has 32 heavy (non-hydrogen) atoms. The average molecular weight is 458 g/mol. The van der Waals surface area contributed by atoms with Gasteiger partial charge in [0.25, 0.3) is 5.91 Å². The summed E-state index contributed by atoms with van der Waals surface area (Å²) in [7, 11) is 1.58. The third-order valence-corrected chi connectivity index (χ3v) is 6.11. The number of benzene rings is 2. The van der Waals surface area contributed by atoms with Crippen LogP contribution in [0.5, 0.6) is 5.75 Å². The van der Waals surface area contributed by atoms with Crippen LogP contribution in [0.1, 0.15) is 23.2 Å². The molecule has 4 rings (SSSR count). The molecule has 8 heteroatoms. The van der Waals surface area contributed by atoms with Crippen LogP contribution in [0.2, 0.25) is 0 Å². The fourth-order valence-electron chi connectivity index (χ4n) is 3.84. The summed E-state index contributed by atoms with van der Waals surface area (Å²) in [5, 5.41) is 3.72. The van der Waals surface area contributed by atoms with Crippen molar-refractivity contribution in [3.05, 3.63) is 59.9 Å². The van der Waals surface area contributed by atoms with E-state index in [1.807, 2.05) is 21.9 Å².